The average Bonchev–Trinajstić information content (AvgIpc) is 2.87. The topological polar surface area (TPSA) is 99.2 Å². The van der Waals surface area contributed by atoms with Crippen molar-refractivity contribution in [2.45, 2.75) is 59.4 Å². The van der Waals surface area contributed by atoms with Crippen LogP contribution in [-0.2, 0) is 24.8 Å². The van der Waals surface area contributed by atoms with Crippen LogP contribution in [0.3, 0.4) is 0 Å². The Hall–Kier alpha value is -1.05. The number of H-pyrrole nitrogens is 1. The predicted molar refractivity (Wildman–Crippen MR) is 95.9 cm³/mol. The molecule has 0 aliphatic heterocycles. The van der Waals surface area contributed by atoms with E-state index in [0.717, 1.165) is 0 Å². The van der Waals surface area contributed by atoms with Gasteiger partial charge in [-0.25, -0.2) is 15.0 Å². The first-order chi connectivity index (χ1) is 11.7. The van der Waals surface area contributed by atoms with Crippen LogP contribution < -0.4 is 0 Å². The van der Waals surface area contributed by atoms with Crippen molar-refractivity contribution < 1.29 is 18.3 Å². The number of hydrogen-bond acceptors (Lipinski definition) is 7. The van der Waals surface area contributed by atoms with Crippen LogP contribution in [0.4, 0.5) is 0 Å². The molecule has 2 aromatic rings. The number of aromatic amines is 1. The number of nitrogens with zero attached hydrogens (tertiary/aromatic N) is 3. The quantitative estimate of drug-likeness (QED) is 0.511. The zero-order valence-electron chi connectivity index (χ0n) is 15.0. The minimum absolute atomic E-state index is 0.120. The fourth-order valence-corrected chi connectivity index (χ4v) is 4.29. The predicted octanol–water partition coefficient (Wildman–Crippen LogP) is 3.95. The molecule has 2 heterocycles. The number of rotatable bonds is 9. The van der Waals surface area contributed by atoms with Crippen molar-refractivity contribution in [1.29, 1.82) is 0 Å². The van der Waals surface area contributed by atoms with Gasteiger partial charge in [-0.2, -0.15) is 0 Å². The van der Waals surface area contributed by atoms with Crippen LogP contribution in [0.1, 0.15) is 40.4 Å². The van der Waals surface area contributed by atoms with Crippen molar-refractivity contribution >= 4 is 30.4 Å². The van der Waals surface area contributed by atoms with Gasteiger partial charge in [0.05, 0.1) is 18.3 Å². The fraction of sp³-hybridized carbons (Fsp3) is 0.667. The molecule has 0 amide bonds. The van der Waals surface area contributed by atoms with E-state index in [1.807, 2.05) is 6.92 Å². The molecule has 2 rings (SSSR count). The van der Waals surface area contributed by atoms with E-state index in [-0.39, 0.29) is 24.7 Å². The Balaban J connectivity index is 1.98. The van der Waals surface area contributed by atoms with Crippen molar-refractivity contribution in [3.63, 3.8) is 0 Å². The van der Waals surface area contributed by atoms with E-state index in [9.17, 15) is 4.57 Å². The Bertz CT molecular complexity index is 738. The van der Waals surface area contributed by atoms with E-state index in [1.54, 1.807) is 27.7 Å². The smallest absolute Gasteiger partial charge is 0.356 e. The van der Waals surface area contributed by atoms with Gasteiger partial charge in [0.25, 0.3) is 0 Å². The van der Waals surface area contributed by atoms with Crippen molar-refractivity contribution in [3.8, 4) is 0 Å². The van der Waals surface area contributed by atoms with Gasteiger partial charge in [0.2, 0.25) is 0 Å². The summed E-state index contributed by atoms with van der Waals surface area (Å²) in [6.07, 6.45) is 1.01. The van der Waals surface area contributed by atoms with E-state index in [0.29, 0.717) is 28.6 Å². The highest BCUT2D eigenvalue weighted by atomic mass is 35.5. The number of ether oxygens (including phenoxy) is 1. The minimum Gasteiger partial charge on any atom is -0.365 e. The lowest BCUT2D eigenvalue weighted by Gasteiger charge is -2.24. The average molecular weight is 391 g/mol. The number of nitrogens with one attached hydrogen (secondary N) is 1. The van der Waals surface area contributed by atoms with Gasteiger partial charge in [-0.15, -0.1) is 0 Å². The van der Waals surface area contributed by atoms with Gasteiger partial charge in [0, 0.05) is 6.42 Å². The highest BCUT2D eigenvalue weighted by Crippen LogP contribution is 2.50. The van der Waals surface area contributed by atoms with Crippen LogP contribution in [0.15, 0.2) is 6.33 Å². The second kappa shape index (κ2) is 8.56. The molecule has 2 aromatic heterocycles. The van der Waals surface area contributed by atoms with Crippen LogP contribution in [0, 0.1) is 0 Å². The molecule has 1 N–H and O–H groups in total. The second-order valence-electron chi connectivity index (χ2n) is 6.28. The van der Waals surface area contributed by atoms with E-state index in [4.69, 9.17) is 25.4 Å². The second-order valence-corrected chi connectivity index (χ2v) is 8.54. The third-order valence-electron chi connectivity index (χ3n) is 3.03. The molecule has 1 unspecified atom stereocenters. The lowest BCUT2D eigenvalue weighted by molar-refractivity contribution is 0.0622. The third-order valence-corrected chi connectivity index (χ3v) is 5.27. The van der Waals surface area contributed by atoms with Gasteiger partial charge in [-0.1, -0.05) is 11.6 Å². The number of hydrogen-bond donors (Lipinski definition) is 1. The highest BCUT2D eigenvalue weighted by molar-refractivity contribution is 7.53. The van der Waals surface area contributed by atoms with Gasteiger partial charge in [0.15, 0.2) is 10.8 Å². The molecule has 140 valence electrons. The summed E-state index contributed by atoms with van der Waals surface area (Å²) in [6.45, 7) is 9.07. The maximum absolute atomic E-state index is 12.7. The van der Waals surface area contributed by atoms with E-state index >= 15 is 0 Å². The number of halogens is 1. The Morgan fingerprint density at radius 1 is 1.16 bits per heavy atom. The fourth-order valence-electron chi connectivity index (χ4n) is 2.22. The van der Waals surface area contributed by atoms with Crippen LogP contribution in [-0.4, -0.2) is 44.6 Å². The van der Waals surface area contributed by atoms with Crippen molar-refractivity contribution in [1.82, 2.24) is 19.9 Å². The first-order valence-corrected chi connectivity index (χ1v) is 10.2. The Morgan fingerprint density at radius 3 is 2.36 bits per heavy atom. The molecule has 0 spiro atoms. The first-order valence-electron chi connectivity index (χ1n) is 8.11. The van der Waals surface area contributed by atoms with Gasteiger partial charge in [0.1, 0.15) is 24.0 Å². The summed E-state index contributed by atoms with van der Waals surface area (Å²) in [6, 6.07) is 0. The van der Waals surface area contributed by atoms with Crippen LogP contribution in [0.2, 0.25) is 5.15 Å². The van der Waals surface area contributed by atoms with Crippen molar-refractivity contribution in [2.24, 2.45) is 0 Å². The summed E-state index contributed by atoms with van der Waals surface area (Å²) in [5.41, 5.74) is 1.09. The Labute approximate surface area is 152 Å². The number of imidazole rings is 1. The first kappa shape index (κ1) is 20.3. The van der Waals surface area contributed by atoms with Crippen molar-refractivity contribution in [2.75, 3.05) is 6.35 Å². The lowest BCUT2D eigenvalue weighted by atomic mass is 10.3. The molecule has 0 fully saturated rings. The highest BCUT2D eigenvalue weighted by Gasteiger charge is 2.29. The van der Waals surface area contributed by atoms with E-state index < -0.39 is 7.60 Å². The van der Waals surface area contributed by atoms with Crippen LogP contribution in [0.5, 0.6) is 0 Å². The monoisotopic (exact) mass is 390 g/mol. The summed E-state index contributed by atoms with van der Waals surface area (Å²) in [5.74, 6) is 0.661. The maximum Gasteiger partial charge on any atom is 0.356 e. The summed E-state index contributed by atoms with van der Waals surface area (Å²) in [5, 5.41) is 0.317. The summed E-state index contributed by atoms with van der Waals surface area (Å²) >= 11 is 6.00. The molecule has 8 nitrogen and oxygen atoms in total. The zero-order chi connectivity index (χ0) is 18.6. The Kier molecular flexibility index (Phi) is 6.93. The molecule has 0 radical (unpaired) electrons. The molecule has 0 bridgehead atoms. The molecule has 10 heteroatoms. The molecule has 0 aromatic carbocycles. The van der Waals surface area contributed by atoms with Crippen molar-refractivity contribution in [3.05, 3.63) is 17.3 Å². The molecule has 1 atom stereocenters. The maximum atomic E-state index is 12.7. The summed E-state index contributed by atoms with van der Waals surface area (Å²) in [4.78, 5) is 15.4. The molecule has 0 aliphatic rings. The molecule has 0 aliphatic carbocycles. The van der Waals surface area contributed by atoms with Crippen LogP contribution in [0.25, 0.3) is 11.2 Å². The van der Waals surface area contributed by atoms with Gasteiger partial charge in [-0.05, 0) is 34.6 Å². The summed E-state index contributed by atoms with van der Waals surface area (Å²) < 4.78 is 29.4. The SMILES string of the molecule is CC(C)OP(=O)(COC(C)Cc1nc2ncnc(Cl)c2[nH]1)OC(C)C. The van der Waals surface area contributed by atoms with Gasteiger partial charge < -0.3 is 18.8 Å². The Morgan fingerprint density at radius 2 is 1.80 bits per heavy atom. The molecule has 0 saturated heterocycles. The van der Waals surface area contributed by atoms with Crippen LogP contribution >= 0.6 is 19.2 Å². The minimum atomic E-state index is -3.32. The molecular weight excluding hydrogens is 367 g/mol. The standard InChI is InChI=1S/C15H24ClN4O4P/c1-9(2)23-25(21,24-10(3)4)8-22-11(5)6-12-19-13-14(16)17-7-18-15(13)20-12/h7,9-11H,6,8H2,1-5H3,(H,17,18,19,20). The molecular formula is C15H24ClN4O4P. The van der Waals surface area contributed by atoms with E-state index in [1.165, 1.54) is 6.33 Å². The van der Waals surface area contributed by atoms with Gasteiger partial charge in [-0.3, -0.25) is 4.57 Å². The molecule has 25 heavy (non-hydrogen) atoms. The largest absolute Gasteiger partial charge is 0.365 e. The number of aromatic nitrogens is 4. The lowest BCUT2D eigenvalue weighted by Crippen LogP contribution is -2.17. The third kappa shape index (κ3) is 6.01. The number of fused-ring (bicyclic) bond motifs is 1. The van der Waals surface area contributed by atoms with E-state index in [2.05, 4.69) is 19.9 Å². The summed E-state index contributed by atoms with van der Waals surface area (Å²) in [7, 11) is -3.32. The van der Waals surface area contributed by atoms with Gasteiger partial charge >= 0.3 is 7.60 Å². The zero-order valence-corrected chi connectivity index (χ0v) is 16.7. The normalized spacial score (nSPS) is 13.9. The molecule has 0 saturated carbocycles.